The molecule has 6 heteroatoms. The first kappa shape index (κ1) is 15.8. The summed E-state index contributed by atoms with van der Waals surface area (Å²) in [6, 6.07) is 5.74. The van der Waals surface area contributed by atoms with Gasteiger partial charge in [-0.15, -0.1) is 13.2 Å². The predicted molar refractivity (Wildman–Crippen MR) is 67.3 cm³/mol. The summed E-state index contributed by atoms with van der Waals surface area (Å²) in [5.74, 6) is 5.24. The smallest absolute Gasteiger partial charge is 0.406 e. The summed E-state index contributed by atoms with van der Waals surface area (Å²) in [5.41, 5.74) is 3.54. The molecule has 0 aliphatic rings. The summed E-state index contributed by atoms with van der Waals surface area (Å²) < 4.78 is 39.9. The molecule has 3 N–H and O–H groups in total. The van der Waals surface area contributed by atoms with Crippen LogP contribution in [0, 0.1) is 0 Å². The van der Waals surface area contributed by atoms with Gasteiger partial charge in [0.1, 0.15) is 5.75 Å². The highest BCUT2D eigenvalue weighted by Gasteiger charge is 2.31. The number of hydrazine groups is 1. The Morgan fingerprint density at radius 3 is 2.32 bits per heavy atom. The van der Waals surface area contributed by atoms with Crippen LogP contribution in [-0.2, 0) is 0 Å². The van der Waals surface area contributed by atoms with E-state index >= 15 is 0 Å². The van der Waals surface area contributed by atoms with E-state index in [1.165, 1.54) is 12.1 Å². The van der Waals surface area contributed by atoms with Crippen LogP contribution < -0.4 is 16.0 Å². The first-order valence-electron chi connectivity index (χ1n) is 6.28. The molecule has 0 aliphatic carbocycles. The second-order valence-corrected chi connectivity index (χ2v) is 4.33. The van der Waals surface area contributed by atoms with Crippen LogP contribution in [-0.4, -0.2) is 6.36 Å². The van der Waals surface area contributed by atoms with Crippen LogP contribution in [0.1, 0.15) is 44.2 Å². The van der Waals surface area contributed by atoms with Crippen LogP contribution in [0.5, 0.6) is 5.75 Å². The number of nitrogens with one attached hydrogen (secondary N) is 1. The molecule has 0 amide bonds. The maximum Gasteiger partial charge on any atom is 0.573 e. The fourth-order valence-electron chi connectivity index (χ4n) is 1.85. The molecule has 0 heterocycles. The zero-order valence-electron chi connectivity index (χ0n) is 10.8. The topological polar surface area (TPSA) is 47.3 Å². The van der Waals surface area contributed by atoms with Gasteiger partial charge in [0.25, 0.3) is 0 Å². The molecule has 0 radical (unpaired) electrons. The van der Waals surface area contributed by atoms with Gasteiger partial charge in [-0.05, 0) is 24.1 Å². The number of hydrogen-bond donors (Lipinski definition) is 2. The standard InChI is InChI=1S/C13H19F3N2O/c1-2-3-4-5-12(18-17)10-6-8-11(9-7-10)19-13(14,15)16/h6-9,12,18H,2-5,17H2,1H3. The minimum absolute atomic E-state index is 0.0495. The van der Waals surface area contributed by atoms with Gasteiger partial charge >= 0.3 is 6.36 Å². The monoisotopic (exact) mass is 276 g/mol. The second kappa shape index (κ2) is 7.35. The number of halogens is 3. The van der Waals surface area contributed by atoms with Gasteiger partial charge in [0, 0.05) is 6.04 Å². The van der Waals surface area contributed by atoms with Crippen LogP contribution in [0.2, 0.25) is 0 Å². The zero-order valence-corrected chi connectivity index (χ0v) is 10.8. The van der Waals surface area contributed by atoms with E-state index in [0.29, 0.717) is 0 Å². The summed E-state index contributed by atoms with van der Waals surface area (Å²) in [6.07, 6.45) is -0.576. The highest BCUT2D eigenvalue weighted by molar-refractivity contribution is 5.29. The van der Waals surface area contributed by atoms with E-state index in [4.69, 9.17) is 5.84 Å². The number of benzene rings is 1. The van der Waals surface area contributed by atoms with Gasteiger partial charge in [-0.3, -0.25) is 11.3 Å². The van der Waals surface area contributed by atoms with E-state index in [0.717, 1.165) is 31.2 Å². The van der Waals surface area contributed by atoms with Gasteiger partial charge in [-0.25, -0.2) is 0 Å². The Bertz CT molecular complexity index is 365. The molecule has 0 saturated heterocycles. The first-order chi connectivity index (χ1) is 8.96. The van der Waals surface area contributed by atoms with E-state index in [-0.39, 0.29) is 11.8 Å². The molecule has 1 aromatic carbocycles. The number of unbranched alkanes of at least 4 members (excludes halogenated alkanes) is 2. The molecule has 108 valence electrons. The van der Waals surface area contributed by atoms with Crippen molar-refractivity contribution in [2.75, 3.05) is 0 Å². The highest BCUT2D eigenvalue weighted by atomic mass is 19.4. The average molecular weight is 276 g/mol. The normalized spacial score (nSPS) is 13.3. The molecule has 1 aromatic rings. The fraction of sp³-hybridized carbons (Fsp3) is 0.538. The van der Waals surface area contributed by atoms with Crippen molar-refractivity contribution in [2.24, 2.45) is 5.84 Å². The van der Waals surface area contributed by atoms with E-state index in [1.54, 1.807) is 12.1 Å². The molecule has 1 rings (SSSR count). The Hall–Kier alpha value is -1.27. The van der Waals surface area contributed by atoms with Crippen LogP contribution >= 0.6 is 0 Å². The van der Waals surface area contributed by atoms with E-state index in [1.807, 2.05) is 0 Å². The molecular formula is C13H19F3N2O. The lowest BCUT2D eigenvalue weighted by Crippen LogP contribution is -2.28. The molecule has 3 nitrogen and oxygen atoms in total. The summed E-state index contributed by atoms with van der Waals surface area (Å²) in [6.45, 7) is 2.11. The van der Waals surface area contributed by atoms with Gasteiger partial charge in [0.15, 0.2) is 0 Å². The Kier molecular flexibility index (Phi) is 6.11. The Morgan fingerprint density at radius 1 is 1.21 bits per heavy atom. The minimum atomic E-state index is -4.66. The lowest BCUT2D eigenvalue weighted by Gasteiger charge is -2.17. The molecule has 0 spiro atoms. The highest BCUT2D eigenvalue weighted by Crippen LogP contribution is 2.25. The Balaban J connectivity index is 2.62. The molecule has 0 aliphatic heterocycles. The lowest BCUT2D eigenvalue weighted by molar-refractivity contribution is -0.274. The van der Waals surface area contributed by atoms with Crippen LogP contribution in [0.15, 0.2) is 24.3 Å². The predicted octanol–water partition coefficient (Wildman–Crippen LogP) is 3.67. The van der Waals surface area contributed by atoms with Gasteiger partial charge < -0.3 is 4.74 Å². The van der Waals surface area contributed by atoms with E-state index < -0.39 is 6.36 Å². The van der Waals surface area contributed by atoms with Crippen molar-refractivity contribution in [3.05, 3.63) is 29.8 Å². The van der Waals surface area contributed by atoms with Crippen molar-refractivity contribution < 1.29 is 17.9 Å². The van der Waals surface area contributed by atoms with Crippen molar-refractivity contribution in [1.29, 1.82) is 0 Å². The third kappa shape index (κ3) is 5.94. The van der Waals surface area contributed by atoms with E-state index in [2.05, 4.69) is 17.1 Å². The maximum atomic E-state index is 12.0. The number of alkyl halides is 3. The van der Waals surface area contributed by atoms with Gasteiger partial charge in [-0.1, -0.05) is 38.3 Å². The van der Waals surface area contributed by atoms with Crippen molar-refractivity contribution in [3.63, 3.8) is 0 Å². The number of hydrogen-bond acceptors (Lipinski definition) is 3. The SMILES string of the molecule is CCCCCC(NN)c1ccc(OC(F)(F)F)cc1. The Labute approximate surface area is 110 Å². The number of ether oxygens (including phenoxy) is 1. The summed E-state index contributed by atoms with van der Waals surface area (Å²) in [5, 5.41) is 0. The minimum Gasteiger partial charge on any atom is -0.406 e. The van der Waals surface area contributed by atoms with Crippen LogP contribution in [0.3, 0.4) is 0 Å². The van der Waals surface area contributed by atoms with Crippen LogP contribution in [0.4, 0.5) is 13.2 Å². The first-order valence-corrected chi connectivity index (χ1v) is 6.28. The van der Waals surface area contributed by atoms with Gasteiger partial charge in [-0.2, -0.15) is 0 Å². The Morgan fingerprint density at radius 2 is 1.84 bits per heavy atom. The maximum absolute atomic E-state index is 12.0. The summed E-state index contributed by atoms with van der Waals surface area (Å²) in [4.78, 5) is 0. The van der Waals surface area contributed by atoms with Crippen molar-refractivity contribution in [3.8, 4) is 5.75 Å². The van der Waals surface area contributed by atoms with Gasteiger partial charge in [0.2, 0.25) is 0 Å². The lowest BCUT2D eigenvalue weighted by atomic mass is 10.0. The largest absolute Gasteiger partial charge is 0.573 e. The molecule has 19 heavy (non-hydrogen) atoms. The van der Waals surface area contributed by atoms with E-state index in [9.17, 15) is 13.2 Å². The molecule has 0 aromatic heterocycles. The van der Waals surface area contributed by atoms with Gasteiger partial charge in [0.05, 0.1) is 0 Å². The summed E-state index contributed by atoms with van der Waals surface area (Å²) >= 11 is 0. The molecule has 0 bridgehead atoms. The number of rotatable bonds is 7. The third-order valence-corrected chi connectivity index (χ3v) is 2.81. The molecule has 0 saturated carbocycles. The summed E-state index contributed by atoms with van der Waals surface area (Å²) in [7, 11) is 0. The molecule has 1 atom stereocenters. The molecular weight excluding hydrogens is 257 g/mol. The fourth-order valence-corrected chi connectivity index (χ4v) is 1.85. The van der Waals surface area contributed by atoms with Crippen molar-refractivity contribution in [1.82, 2.24) is 5.43 Å². The van der Waals surface area contributed by atoms with Crippen molar-refractivity contribution in [2.45, 2.75) is 45.0 Å². The van der Waals surface area contributed by atoms with Crippen molar-refractivity contribution >= 4 is 0 Å². The zero-order chi connectivity index (χ0) is 14.3. The second-order valence-electron chi connectivity index (χ2n) is 4.33. The average Bonchev–Trinajstić information content (AvgIpc) is 2.34. The third-order valence-electron chi connectivity index (χ3n) is 2.81. The molecule has 1 unspecified atom stereocenters. The number of nitrogens with two attached hydrogens (primary N) is 1. The van der Waals surface area contributed by atoms with Crippen LogP contribution in [0.25, 0.3) is 0 Å². The quantitative estimate of drug-likeness (QED) is 0.454. The molecule has 0 fully saturated rings.